The fourth-order valence-electron chi connectivity index (χ4n) is 2.13. The molecule has 0 atom stereocenters. The van der Waals surface area contributed by atoms with E-state index in [-0.39, 0.29) is 22.9 Å². The van der Waals surface area contributed by atoms with E-state index in [0.717, 1.165) is 6.54 Å². The van der Waals surface area contributed by atoms with Gasteiger partial charge in [0.25, 0.3) is 0 Å². The summed E-state index contributed by atoms with van der Waals surface area (Å²) in [4.78, 5) is 24.2. The van der Waals surface area contributed by atoms with Gasteiger partial charge in [-0.1, -0.05) is 6.42 Å². The molecule has 0 spiro atoms. The van der Waals surface area contributed by atoms with Crippen LogP contribution in [0, 0.1) is 0 Å². The van der Waals surface area contributed by atoms with Gasteiger partial charge in [-0.05, 0) is 19.1 Å². The number of amides is 1. The predicted molar refractivity (Wildman–Crippen MR) is 56.3 cm³/mol. The zero-order chi connectivity index (χ0) is 10.2. The van der Waals surface area contributed by atoms with E-state index in [2.05, 4.69) is 6.26 Å². The maximum atomic E-state index is 11.4. The van der Waals surface area contributed by atoms with Crippen molar-refractivity contribution in [2.75, 3.05) is 19.3 Å². The first-order chi connectivity index (χ1) is 6.65. The Morgan fingerprint density at radius 2 is 2.14 bits per heavy atom. The second kappa shape index (κ2) is 3.57. The van der Waals surface area contributed by atoms with Crippen molar-refractivity contribution in [1.82, 2.24) is 4.90 Å². The summed E-state index contributed by atoms with van der Waals surface area (Å²) in [6.07, 6.45) is 5.86. The van der Waals surface area contributed by atoms with Crippen LogP contribution in [0.5, 0.6) is 0 Å². The van der Waals surface area contributed by atoms with Crippen LogP contribution < -0.4 is 0 Å². The molecular weight excluding hydrogens is 198 g/mol. The van der Waals surface area contributed by atoms with Crippen LogP contribution in [0.25, 0.3) is 0 Å². The summed E-state index contributed by atoms with van der Waals surface area (Å²) in [6, 6.07) is 0. The molecule has 1 saturated carbocycles. The van der Waals surface area contributed by atoms with Crippen molar-refractivity contribution in [1.29, 1.82) is 0 Å². The molecule has 0 radical (unpaired) electrons. The van der Waals surface area contributed by atoms with Crippen LogP contribution in [0.3, 0.4) is 0 Å². The lowest BCUT2D eigenvalue weighted by atomic mass is 9.84. The number of nitrogens with zero attached hydrogens (tertiary/aromatic N) is 1. The van der Waals surface area contributed by atoms with Gasteiger partial charge in [0.15, 0.2) is 5.78 Å². The average molecular weight is 213 g/mol. The van der Waals surface area contributed by atoms with Gasteiger partial charge in [-0.2, -0.15) is 11.8 Å². The molecule has 0 unspecified atom stereocenters. The summed E-state index contributed by atoms with van der Waals surface area (Å²) in [6.45, 7) is 1.12. The summed E-state index contributed by atoms with van der Waals surface area (Å²) < 4.78 is 0.264. The number of hydrogen-bond donors (Lipinski definition) is 0. The van der Waals surface area contributed by atoms with E-state index in [0.29, 0.717) is 6.54 Å². The highest BCUT2D eigenvalue weighted by Crippen LogP contribution is 2.43. The highest BCUT2D eigenvalue weighted by Gasteiger charge is 2.41. The van der Waals surface area contributed by atoms with Crippen LogP contribution in [-0.2, 0) is 9.59 Å². The zero-order valence-corrected chi connectivity index (χ0v) is 9.23. The lowest BCUT2D eigenvalue weighted by Gasteiger charge is -2.42. The number of carbonyl (C=O) groups is 2. The van der Waals surface area contributed by atoms with Gasteiger partial charge in [0.2, 0.25) is 5.91 Å². The molecule has 78 valence electrons. The number of likely N-dealkylation sites (tertiary alicyclic amines) is 1. The summed E-state index contributed by atoms with van der Waals surface area (Å²) >= 11 is 1.84. The molecule has 1 amide bonds. The van der Waals surface area contributed by atoms with Crippen molar-refractivity contribution in [3.63, 3.8) is 0 Å². The van der Waals surface area contributed by atoms with E-state index in [9.17, 15) is 9.59 Å². The average Bonchev–Trinajstić information content (AvgIpc) is 2.38. The maximum Gasteiger partial charge on any atom is 0.230 e. The van der Waals surface area contributed by atoms with E-state index in [1.54, 1.807) is 4.90 Å². The second-order valence-corrected chi connectivity index (χ2v) is 5.48. The third kappa shape index (κ3) is 1.67. The molecule has 0 aromatic carbocycles. The Morgan fingerprint density at radius 3 is 2.50 bits per heavy atom. The molecule has 2 aliphatic rings. The van der Waals surface area contributed by atoms with Gasteiger partial charge in [0.05, 0.1) is 13.0 Å². The van der Waals surface area contributed by atoms with Gasteiger partial charge in [0, 0.05) is 11.3 Å². The molecule has 1 saturated heterocycles. The van der Waals surface area contributed by atoms with E-state index in [1.165, 1.54) is 19.3 Å². The Kier molecular flexibility index (Phi) is 2.56. The molecule has 2 fully saturated rings. The highest BCUT2D eigenvalue weighted by molar-refractivity contribution is 8.00. The fraction of sp³-hybridized carbons (Fsp3) is 0.800. The molecular formula is C10H15NO2S. The van der Waals surface area contributed by atoms with Gasteiger partial charge in [-0.15, -0.1) is 0 Å². The summed E-state index contributed by atoms with van der Waals surface area (Å²) in [5.41, 5.74) is 0. The number of Topliss-reactive ketones (excluding diaryl/α,β-unsaturated/α-hetero) is 1. The molecule has 1 aliphatic carbocycles. The molecule has 0 aromatic heterocycles. The largest absolute Gasteiger partial charge is 0.334 e. The molecule has 14 heavy (non-hydrogen) atoms. The Hall–Kier alpha value is -0.510. The molecule has 3 nitrogen and oxygen atoms in total. The highest BCUT2D eigenvalue weighted by atomic mass is 32.2. The van der Waals surface area contributed by atoms with E-state index in [4.69, 9.17) is 0 Å². The molecule has 2 rings (SSSR count). The van der Waals surface area contributed by atoms with E-state index in [1.807, 2.05) is 11.8 Å². The third-order valence-corrected chi connectivity index (χ3v) is 4.65. The third-order valence-electron chi connectivity index (χ3n) is 3.25. The molecule has 1 aliphatic heterocycles. The summed E-state index contributed by atoms with van der Waals surface area (Å²) in [5, 5.41) is 0. The number of hydrogen-bond acceptors (Lipinski definition) is 3. The van der Waals surface area contributed by atoms with Crippen LogP contribution in [0.2, 0.25) is 0 Å². The van der Waals surface area contributed by atoms with Crippen molar-refractivity contribution < 1.29 is 9.59 Å². The standard InChI is InChI=1S/C10H15NO2S/c1-14-10(3-2-4-10)7-11-6-8(12)5-9(11)13/h2-7H2,1H3. The minimum absolute atomic E-state index is 0.0234. The van der Waals surface area contributed by atoms with Crippen LogP contribution in [0.15, 0.2) is 0 Å². The normalized spacial score (nSPS) is 25.4. The first-order valence-corrected chi connectivity index (χ1v) is 6.22. The first-order valence-electron chi connectivity index (χ1n) is 5.00. The maximum absolute atomic E-state index is 11.4. The number of carbonyl (C=O) groups excluding carboxylic acids is 2. The number of ketones is 1. The minimum atomic E-state index is 0.0234. The SMILES string of the molecule is CSC1(CN2CC(=O)CC2=O)CCC1. The monoisotopic (exact) mass is 213 g/mol. The smallest absolute Gasteiger partial charge is 0.230 e. The molecule has 0 aromatic rings. The van der Waals surface area contributed by atoms with Crippen LogP contribution in [0.4, 0.5) is 0 Å². The van der Waals surface area contributed by atoms with E-state index >= 15 is 0 Å². The number of thioether (sulfide) groups is 1. The topological polar surface area (TPSA) is 37.4 Å². The van der Waals surface area contributed by atoms with Crippen LogP contribution in [0.1, 0.15) is 25.7 Å². The fourth-order valence-corrected chi connectivity index (χ4v) is 3.11. The lowest BCUT2D eigenvalue weighted by Crippen LogP contribution is -2.46. The van der Waals surface area contributed by atoms with Crippen molar-refractivity contribution in [2.45, 2.75) is 30.4 Å². The lowest BCUT2D eigenvalue weighted by molar-refractivity contribution is -0.128. The number of rotatable bonds is 3. The minimum Gasteiger partial charge on any atom is -0.334 e. The van der Waals surface area contributed by atoms with Crippen LogP contribution >= 0.6 is 11.8 Å². The van der Waals surface area contributed by atoms with Crippen molar-refractivity contribution in [3.8, 4) is 0 Å². The second-order valence-electron chi connectivity index (χ2n) is 4.21. The first kappa shape index (κ1) is 10.0. The van der Waals surface area contributed by atoms with Gasteiger partial charge in [-0.3, -0.25) is 9.59 Å². The zero-order valence-electron chi connectivity index (χ0n) is 8.41. The van der Waals surface area contributed by atoms with Gasteiger partial charge >= 0.3 is 0 Å². The Bertz CT molecular complexity index is 268. The predicted octanol–water partition coefficient (Wildman–Crippen LogP) is 1.07. The van der Waals surface area contributed by atoms with Gasteiger partial charge in [-0.25, -0.2) is 0 Å². The molecule has 0 bridgehead atoms. The molecule has 1 heterocycles. The van der Waals surface area contributed by atoms with Crippen molar-refractivity contribution >= 4 is 23.5 Å². The summed E-state index contributed by atoms with van der Waals surface area (Å²) in [7, 11) is 0. The van der Waals surface area contributed by atoms with Gasteiger partial charge in [0.1, 0.15) is 0 Å². The quantitative estimate of drug-likeness (QED) is 0.658. The summed E-state index contributed by atoms with van der Waals surface area (Å²) in [5.74, 6) is 0.0981. The molecule has 4 heteroatoms. The Labute approximate surface area is 88.2 Å². The van der Waals surface area contributed by atoms with Crippen molar-refractivity contribution in [2.24, 2.45) is 0 Å². The van der Waals surface area contributed by atoms with Crippen molar-refractivity contribution in [3.05, 3.63) is 0 Å². The van der Waals surface area contributed by atoms with Gasteiger partial charge < -0.3 is 4.90 Å². The molecule has 0 N–H and O–H groups in total. The Morgan fingerprint density at radius 1 is 1.43 bits per heavy atom. The Balaban J connectivity index is 1.96. The van der Waals surface area contributed by atoms with Crippen LogP contribution in [-0.4, -0.2) is 40.7 Å². The van der Waals surface area contributed by atoms with E-state index < -0.39 is 0 Å².